The number of fused-ring (bicyclic) bond motifs is 1. The van der Waals surface area contributed by atoms with Gasteiger partial charge in [0.2, 0.25) is 5.91 Å². The van der Waals surface area contributed by atoms with Crippen molar-refractivity contribution in [1.29, 1.82) is 0 Å². The van der Waals surface area contributed by atoms with Crippen molar-refractivity contribution in [2.75, 3.05) is 27.3 Å². The van der Waals surface area contributed by atoms with E-state index < -0.39 is 48.9 Å². The van der Waals surface area contributed by atoms with Gasteiger partial charge in [0.15, 0.2) is 0 Å². The summed E-state index contributed by atoms with van der Waals surface area (Å²) in [6.07, 6.45) is 3.31. The Kier molecular flexibility index (Phi) is 13.4. The predicted molar refractivity (Wildman–Crippen MR) is 241 cm³/mol. The molecule has 8 rings (SSSR count). The van der Waals surface area contributed by atoms with Crippen LogP contribution in [-0.2, 0) is 23.8 Å². The van der Waals surface area contributed by atoms with Gasteiger partial charge < -0.3 is 39.6 Å². The maximum Gasteiger partial charge on any atom is 0.407 e. The van der Waals surface area contributed by atoms with Gasteiger partial charge in [-0.05, 0) is 69.5 Å². The Morgan fingerprint density at radius 2 is 1.45 bits per heavy atom. The number of carbonyl (C=O) groups excluding carboxylic acids is 4. The van der Waals surface area contributed by atoms with Crippen molar-refractivity contribution in [1.82, 2.24) is 30.4 Å². The average molecular weight is 888 g/mol. The third-order valence-corrected chi connectivity index (χ3v) is 12.4. The van der Waals surface area contributed by atoms with E-state index in [0.29, 0.717) is 30.1 Å². The lowest BCUT2D eigenvalue weighted by Gasteiger charge is -2.30. The zero-order valence-corrected chi connectivity index (χ0v) is 36.5. The van der Waals surface area contributed by atoms with E-state index in [1.165, 1.54) is 19.1 Å². The van der Waals surface area contributed by atoms with Crippen LogP contribution in [0.25, 0.3) is 38.7 Å². The van der Waals surface area contributed by atoms with Gasteiger partial charge >= 0.3 is 18.8 Å². The largest absolute Gasteiger partial charge is 0.453 e. The molecular weight excluding hydrogens is 837 g/mol. The number of imidazole rings is 1. The van der Waals surface area contributed by atoms with Crippen LogP contribution in [0.2, 0.25) is 0 Å². The Balaban J connectivity index is 0.930. The number of carbonyl (C=O) groups is 4. The Bertz CT molecular complexity index is 2620. The van der Waals surface area contributed by atoms with E-state index in [1.54, 1.807) is 43.3 Å². The third-order valence-electron chi connectivity index (χ3n) is 12.4. The Morgan fingerprint density at radius 3 is 2.14 bits per heavy atom. The smallest absolute Gasteiger partial charge is 0.407 e. The molecule has 1 unspecified atom stereocenters. The summed E-state index contributed by atoms with van der Waals surface area (Å²) in [7, 11) is 2.48. The molecule has 14 nitrogen and oxygen atoms in total. The summed E-state index contributed by atoms with van der Waals surface area (Å²) in [5.41, 5.74) is 7.02. The van der Waals surface area contributed by atoms with Crippen LogP contribution >= 0.6 is 0 Å². The van der Waals surface area contributed by atoms with Crippen LogP contribution in [0.1, 0.15) is 68.6 Å². The van der Waals surface area contributed by atoms with Gasteiger partial charge in [-0.25, -0.2) is 14.6 Å². The zero-order chi connectivity index (χ0) is 45.8. The predicted octanol–water partition coefficient (Wildman–Crippen LogP) is 8.43. The molecule has 65 heavy (non-hydrogen) atoms. The fourth-order valence-electron chi connectivity index (χ4n) is 9.02. The first-order chi connectivity index (χ1) is 31.4. The minimum Gasteiger partial charge on any atom is -0.453 e. The Hall–Kier alpha value is -6.94. The summed E-state index contributed by atoms with van der Waals surface area (Å²) in [5.74, 6) is -0.253. The monoisotopic (exact) mass is 887 g/mol. The standard InChI is InChI=1S/C49H51F2N7O7/c1-28(2)42(55-48(61)63-3)45(59)58-27-37(65-47(50)51)24-41(58)38-23-36(25-52-38)30-14-12-29(13-15-30)32-16-17-34-22-35(19-18-33(34)21-32)39-26-53-44(54-39)40-11-8-20-57(40)46(60)43(56-49(62)64-4)31-9-6-5-7-10-31/h5-7,9-10,12-19,21-22,25-26,28,37,40-43,47H,8,11,20,23-24,27H2,1-4H3,(H,53,54)(H,55,61)(H,56,62)/t37-,40-,41-,42-,43?/m0/s1. The number of alkyl halides is 2. The quantitative estimate of drug-likeness (QED) is 0.106. The number of alkyl carbamates (subject to hydrolysis) is 2. The van der Waals surface area contributed by atoms with E-state index in [0.717, 1.165) is 57.1 Å². The zero-order valence-electron chi connectivity index (χ0n) is 36.5. The van der Waals surface area contributed by atoms with E-state index >= 15 is 0 Å². The van der Waals surface area contributed by atoms with Crippen molar-refractivity contribution in [3.8, 4) is 22.4 Å². The summed E-state index contributed by atoms with van der Waals surface area (Å²) >= 11 is 0. The number of rotatable bonds is 13. The van der Waals surface area contributed by atoms with Gasteiger partial charge in [0.1, 0.15) is 17.9 Å². The van der Waals surface area contributed by atoms with E-state index in [2.05, 4.69) is 50.9 Å². The molecule has 0 saturated carbocycles. The molecule has 1 aromatic heterocycles. The minimum absolute atomic E-state index is 0.0566. The summed E-state index contributed by atoms with van der Waals surface area (Å²) in [5, 5.41) is 7.39. The number of H-pyrrole nitrogens is 1. The number of nitrogens with zero attached hydrogens (tertiary/aromatic N) is 4. The van der Waals surface area contributed by atoms with Crippen LogP contribution in [0.4, 0.5) is 18.4 Å². The van der Waals surface area contributed by atoms with Gasteiger partial charge in [-0.1, -0.05) is 92.7 Å². The Labute approximate surface area is 375 Å². The first kappa shape index (κ1) is 44.7. The van der Waals surface area contributed by atoms with Crippen molar-refractivity contribution in [3.05, 3.63) is 120 Å². The highest BCUT2D eigenvalue weighted by Gasteiger charge is 2.44. The second-order valence-electron chi connectivity index (χ2n) is 16.8. The molecule has 16 heteroatoms. The number of likely N-dealkylation sites (tertiary alicyclic amines) is 2. The second kappa shape index (κ2) is 19.4. The van der Waals surface area contributed by atoms with Crippen LogP contribution in [0.15, 0.2) is 108 Å². The molecule has 5 aromatic rings. The minimum atomic E-state index is -2.99. The normalized spacial score (nSPS) is 19.3. The maximum atomic E-state index is 14.0. The van der Waals surface area contributed by atoms with Gasteiger partial charge in [0.25, 0.3) is 5.91 Å². The van der Waals surface area contributed by atoms with Crippen LogP contribution < -0.4 is 10.6 Å². The number of hydrogen-bond acceptors (Lipinski definition) is 9. The fraction of sp³-hybridized carbons (Fsp3) is 0.347. The van der Waals surface area contributed by atoms with Crippen LogP contribution in [0.3, 0.4) is 0 Å². The van der Waals surface area contributed by atoms with Crippen molar-refractivity contribution < 1.29 is 42.2 Å². The number of aromatic nitrogens is 2. The summed E-state index contributed by atoms with van der Waals surface area (Å²) in [6, 6.07) is 27.1. The lowest BCUT2D eigenvalue weighted by molar-refractivity contribution is -0.160. The van der Waals surface area contributed by atoms with Gasteiger partial charge in [0, 0.05) is 43.4 Å². The molecule has 4 amide bonds. The van der Waals surface area contributed by atoms with Crippen molar-refractivity contribution in [2.45, 2.75) is 76.4 Å². The molecule has 338 valence electrons. The number of methoxy groups -OCH3 is 2. The van der Waals surface area contributed by atoms with Crippen molar-refractivity contribution in [2.24, 2.45) is 10.9 Å². The highest BCUT2D eigenvalue weighted by molar-refractivity contribution is 6.04. The summed E-state index contributed by atoms with van der Waals surface area (Å²) in [6.45, 7) is 1.06. The number of aromatic amines is 1. The Morgan fingerprint density at radius 1 is 0.785 bits per heavy atom. The van der Waals surface area contributed by atoms with Crippen LogP contribution in [0, 0.1) is 5.92 Å². The number of benzene rings is 4. The van der Waals surface area contributed by atoms with Gasteiger partial charge in [0.05, 0.1) is 44.3 Å². The lowest BCUT2D eigenvalue weighted by atomic mass is 9.95. The number of allylic oxidation sites excluding steroid dienone is 1. The molecule has 5 atom stereocenters. The topological polar surface area (TPSA) is 168 Å². The van der Waals surface area contributed by atoms with Crippen molar-refractivity contribution >= 4 is 46.1 Å². The van der Waals surface area contributed by atoms with Crippen LogP contribution in [-0.4, -0.2) is 102 Å². The number of aliphatic imine (C=N–C) groups is 1. The van der Waals surface area contributed by atoms with Gasteiger partial charge in [-0.15, -0.1) is 0 Å². The molecule has 3 aliphatic heterocycles. The van der Waals surface area contributed by atoms with Crippen LogP contribution in [0.5, 0.6) is 0 Å². The molecule has 3 aliphatic rings. The second-order valence-corrected chi connectivity index (χ2v) is 16.8. The molecule has 4 heterocycles. The number of hydrogen-bond donors (Lipinski definition) is 3. The first-order valence-electron chi connectivity index (χ1n) is 21.6. The van der Waals surface area contributed by atoms with Crippen molar-refractivity contribution in [3.63, 3.8) is 0 Å². The maximum absolute atomic E-state index is 14.0. The van der Waals surface area contributed by atoms with E-state index in [9.17, 15) is 28.0 Å². The number of amides is 4. The van der Waals surface area contributed by atoms with E-state index in [-0.39, 0.29) is 30.8 Å². The van der Waals surface area contributed by atoms with Gasteiger partial charge in [-0.3, -0.25) is 14.6 Å². The molecule has 4 aromatic carbocycles. The molecule has 0 spiro atoms. The summed E-state index contributed by atoms with van der Waals surface area (Å²) < 4.78 is 41.1. The number of halogens is 2. The molecule has 3 N–H and O–H groups in total. The highest BCUT2D eigenvalue weighted by Crippen LogP contribution is 2.36. The van der Waals surface area contributed by atoms with Gasteiger partial charge in [-0.2, -0.15) is 8.78 Å². The lowest BCUT2D eigenvalue weighted by Crippen LogP contribution is -2.53. The van der Waals surface area contributed by atoms with E-state index in [4.69, 9.17) is 19.2 Å². The summed E-state index contributed by atoms with van der Waals surface area (Å²) in [4.78, 5) is 68.2. The highest BCUT2D eigenvalue weighted by atomic mass is 19.3. The SMILES string of the molecule is COC(=O)NC(C(=O)N1CCC[C@H]1c1ncc(-c2ccc3cc(-c4ccc(C5=CN=C([C@@H]6C[C@H](OC(F)F)CN6C(=O)[C@@H](NC(=O)OC)C(C)C)C5)cc4)ccc3c2)[nH]1)c1ccccc1. The average Bonchev–Trinajstić information content (AvgIpc) is 4.17. The first-order valence-corrected chi connectivity index (χ1v) is 21.6. The number of nitrogens with one attached hydrogen (secondary N) is 3. The molecule has 2 saturated heterocycles. The molecule has 0 bridgehead atoms. The third kappa shape index (κ3) is 9.77. The molecule has 0 aliphatic carbocycles. The molecular formula is C49H51F2N7O7. The fourth-order valence-corrected chi connectivity index (χ4v) is 9.02. The van der Waals surface area contributed by atoms with E-state index in [1.807, 2.05) is 48.5 Å². The number of ether oxygens (including phenoxy) is 3. The molecule has 0 radical (unpaired) electrons. The molecule has 2 fully saturated rings.